The van der Waals surface area contributed by atoms with E-state index in [0.29, 0.717) is 0 Å². The standard InChI is InChI=1S/C8H17NO3/c1-5(6(2)10)9-7(11)8(3,4)12/h5-6,10,12H,1-4H3,(H,9,11). The number of aliphatic hydroxyl groups excluding tert-OH is 1. The Bertz CT molecular complexity index is 160. The lowest BCUT2D eigenvalue weighted by Crippen LogP contribution is -2.48. The number of hydrogen-bond donors (Lipinski definition) is 3. The highest BCUT2D eigenvalue weighted by atomic mass is 16.3. The van der Waals surface area contributed by atoms with Gasteiger partial charge in [0.15, 0.2) is 0 Å². The van der Waals surface area contributed by atoms with E-state index in [1.165, 1.54) is 13.8 Å². The smallest absolute Gasteiger partial charge is 0.251 e. The Morgan fingerprint density at radius 2 is 1.83 bits per heavy atom. The van der Waals surface area contributed by atoms with Crippen LogP contribution in [0.2, 0.25) is 0 Å². The van der Waals surface area contributed by atoms with Gasteiger partial charge in [0.25, 0.3) is 5.91 Å². The van der Waals surface area contributed by atoms with Crippen LogP contribution in [-0.2, 0) is 4.79 Å². The molecule has 0 aliphatic carbocycles. The minimum Gasteiger partial charge on any atom is -0.391 e. The lowest BCUT2D eigenvalue weighted by atomic mass is 10.1. The SMILES string of the molecule is CC(O)C(C)NC(=O)C(C)(C)O. The topological polar surface area (TPSA) is 69.6 Å². The number of rotatable bonds is 3. The summed E-state index contributed by atoms with van der Waals surface area (Å²) in [5.74, 6) is -0.476. The molecule has 1 amide bonds. The zero-order chi connectivity index (χ0) is 9.94. The van der Waals surface area contributed by atoms with Crippen LogP contribution < -0.4 is 5.32 Å². The fraction of sp³-hybridized carbons (Fsp3) is 0.875. The van der Waals surface area contributed by atoms with Crippen molar-refractivity contribution in [3.05, 3.63) is 0 Å². The third-order valence-corrected chi connectivity index (χ3v) is 1.64. The van der Waals surface area contributed by atoms with Gasteiger partial charge in [-0.25, -0.2) is 0 Å². The maximum atomic E-state index is 11.1. The second-order valence-electron chi connectivity index (χ2n) is 3.56. The van der Waals surface area contributed by atoms with Crippen LogP contribution in [0.3, 0.4) is 0 Å². The maximum Gasteiger partial charge on any atom is 0.251 e. The molecule has 12 heavy (non-hydrogen) atoms. The highest BCUT2D eigenvalue weighted by Crippen LogP contribution is 2.01. The van der Waals surface area contributed by atoms with Gasteiger partial charge < -0.3 is 15.5 Å². The van der Waals surface area contributed by atoms with Crippen LogP contribution in [0, 0.1) is 0 Å². The Kier molecular flexibility index (Phi) is 3.67. The van der Waals surface area contributed by atoms with Gasteiger partial charge >= 0.3 is 0 Å². The predicted molar refractivity (Wildman–Crippen MR) is 45.6 cm³/mol. The van der Waals surface area contributed by atoms with Gasteiger partial charge in [0.2, 0.25) is 0 Å². The molecule has 0 aromatic rings. The molecule has 0 radical (unpaired) electrons. The minimum absolute atomic E-state index is 0.344. The summed E-state index contributed by atoms with van der Waals surface area (Å²) in [6, 6.07) is -0.344. The summed E-state index contributed by atoms with van der Waals surface area (Å²) in [5, 5.41) is 20.7. The van der Waals surface area contributed by atoms with Crippen molar-refractivity contribution in [1.82, 2.24) is 5.32 Å². The van der Waals surface area contributed by atoms with Crippen molar-refractivity contribution in [3.8, 4) is 0 Å². The molecule has 0 aliphatic heterocycles. The number of carbonyl (C=O) groups is 1. The van der Waals surface area contributed by atoms with E-state index in [0.717, 1.165) is 0 Å². The van der Waals surface area contributed by atoms with Gasteiger partial charge in [-0.2, -0.15) is 0 Å². The second kappa shape index (κ2) is 3.87. The lowest BCUT2D eigenvalue weighted by Gasteiger charge is -2.22. The van der Waals surface area contributed by atoms with E-state index < -0.39 is 17.6 Å². The highest BCUT2D eigenvalue weighted by Gasteiger charge is 2.25. The van der Waals surface area contributed by atoms with Crippen LogP contribution in [0.4, 0.5) is 0 Å². The monoisotopic (exact) mass is 175 g/mol. The summed E-state index contributed by atoms with van der Waals surface area (Å²) in [6.45, 7) is 6.05. The number of aliphatic hydroxyl groups is 2. The molecule has 0 saturated carbocycles. The molecule has 0 aromatic heterocycles. The minimum atomic E-state index is -1.39. The summed E-state index contributed by atoms with van der Waals surface area (Å²) < 4.78 is 0. The molecule has 0 heterocycles. The van der Waals surface area contributed by atoms with Crippen molar-refractivity contribution in [2.45, 2.75) is 45.4 Å². The van der Waals surface area contributed by atoms with Crippen molar-refractivity contribution in [2.24, 2.45) is 0 Å². The molecule has 0 spiro atoms. The third-order valence-electron chi connectivity index (χ3n) is 1.64. The molecular weight excluding hydrogens is 158 g/mol. The van der Waals surface area contributed by atoms with E-state index in [4.69, 9.17) is 5.11 Å². The van der Waals surface area contributed by atoms with E-state index in [1.54, 1.807) is 13.8 Å². The maximum absolute atomic E-state index is 11.1. The zero-order valence-electron chi connectivity index (χ0n) is 7.96. The molecule has 2 atom stereocenters. The van der Waals surface area contributed by atoms with Gasteiger partial charge in [0.05, 0.1) is 12.1 Å². The van der Waals surface area contributed by atoms with Crippen molar-refractivity contribution >= 4 is 5.91 Å². The Morgan fingerprint density at radius 1 is 1.42 bits per heavy atom. The van der Waals surface area contributed by atoms with Gasteiger partial charge in [-0.15, -0.1) is 0 Å². The van der Waals surface area contributed by atoms with E-state index in [-0.39, 0.29) is 6.04 Å². The number of nitrogens with one attached hydrogen (secondary N) is 1. The van der Waals surface area contributed by atoms with Crippen LogP contribution in [0.1, 0.15) is 27.7 Å². The Balaban J connectivity index is 4.02. The number of hydrogen-bond acceptors (Lipinski definition) is 3. The van der Waals surface area contributed by atoms with Gasteiger partial charge in [-0.3, -0.25) is 4.79 Å². The van der Waals surface area contributed by atoms with Crippen LogP contribution in [0.15, 0.2) is 0 Å². The Labute approximate surface area is 72.6 Å². The molecule has 72 valence electrons. The molecule has 0 bridgehead atoms. The van der Waals surface area contributed by atoms with Crippen molar-refractivity contribution in [3.63, 3.8) is 0 Å². The van der Waals surface area contributed by atoms with Crippen LogP contribution in [0.5, 0.6) is 0 Å². The summed E-state index contributed by atoms with van der Waals surface area (Å²) in [6.07, 6.45) is -0.615. The molecule has 4 nitrogen and oxygen atoms in total. The first-order chi connectivity index (χ1) is 5.25. The third kappa shape index (κ3) is 3.69. The van der Waals surface area contributed by atoms with Crippen molar-refractivity contribution in [1.29, 1.82) is 0 Å². The quantitative estimate of drug-likeness (QED) is 0.548. The van der Waals surface area contributed by atoms with Gasteiger partial charge in [-0.05, 0) is 27.7 Å². The summed E-state index contributed by atoms with van der Waals surface area (Å²) in [7, 11) is 0. The molecule has 0 saturated heterocycles. The molecule has 2 unspecified atom stereocenters. The molecule has 0 rings (SSSR count). The van der Waals surface area contributed by atoms with E-state index in [9.17, 15) is 9.90 Å². The zero-order valence-corrected chi connectivity index (χ0v) is 7.96. The molecule has 0 aromatic carbocycles. The highest BCUT2D eigenvalue weighted by molar-refractivity contribution is 5.84. The van der Waals surface area contributed by atoms with Gasteiger partial charge in [-0.1, -0.05) is 0 Å². The summed E-state index contributed by atoms with van der Waals surface area (Å²) in [4.78, 5) is 11.1. The van der Waals surface area contributed by atoms with E-state index >= 15 is 0 Å². The molecule has 0 fully saturated rings. The summed E-state index contributed by atoms with van der Waals surface area (Å²) in [5.41, 5.74) is -1.39. The first kappa shape index (κ1) is 11.4. The molecule has 0 aliphatic rings. The van der Waals surface area contributed by atoms with Gasteiger partial charge in [0, 0.05) is 0 Å². The van der Waals surface area contributed by atoms with E-state index in [2.05, 4.69) is 5.32 Å². The van der Waals surface area contributed by atoms with E-state index in [1.807, 2.05) is 0 Å². The van der Waals surface area contributed by atoms with Crippen LogP contribution in [-0.4, -0.2) is 33.9 Å². The lowest BCUT2D eigenvalue weighted by molar-refractivity contribution is -0.137. The van der Waals surface area contributed by atoms with Crippen LogP contribution >= 0.6 is 0 Å². The molecular formula is C8H17NO3. The largest absolute Gasteiger partial charge is 0.391 e. The first-order valence-electron chi connectivity index (χ1n) is 3.96. The Hall–Kier alpha value is -0.610. The fourth-order valence-corrected chi connectivity index (χ4v) is 0.504. The fourth-order valence-electron chi connectivity index (χ4n) is 0.504. The van der Waals surface area contributed by atoms with Crippen LogP contribution in [0.25, 0.3) is 0 Å². The van der Waals surface area contributed by atoms with Gasteiger partial charge in [0.1, 0.15) is 5.60 Å². The number of amides is 1. The predicted octanol–water partition coefficient (Wildman–Crippen LogP) is -0.357. The Morgan fingerprint density at radius 3 is 2.08 bits per heavy atom. The average Bonchev–Trinajstić information content (AvgIpc) is 1.85. The average molecular weight is 175 g/mol. The first-order valence-corrected chi connectivity index (χ1v) is 3.96. The normalized spacial score (nSPS) is 16.8. The van der Waals surface area contributed by atoms with Crippen molar-refractivity contribution < 1.29 is 15.0 Å². The molecule has 3 N–H and O–H groups in total. The molecule has 4 heteroatoms. The van der Waals surface area contributed by atoms with Crippen molar-refractivity contribution in [2.75, 3.05) is 0 Å². The summed E-state index contributed by atoms with van der Waals surface area (Å²) >= 11 is 0. The second-order valence-corrected chi connectivity index (χ2v) is 3.56. The number of carbonyl (C=O) groups excluding carboxylic acids is 1.